The van der Waals surface area contributed by atoms with Crippen LogP contribution in [0.25, 0.3) is 44.1 Å². The highest BCUT2D eigenvalue weighted by Crippen LogP contribution is 2.33. The van der Waals surface area contributed by atoms with Gasteiger partial charge in [0.05, 0.1) is 22.2 Å². The fraction of sp³-hybridized carbons (Fsp3) is 0.135. The van der Waals surface area contributed by atoms with Gasteiger partial charge in [-0.1, -0.05) is 30.3 Å². The number of pyridine rings is 2. The predicted molar refractivity (Wildman–Crippen MR) is 177 cm³/mol. The highest BCUT2D eigenvalue weighted by molar-refractivity contribution is 6.03. The van der Waals surface area contributed by atoms with Gasteiger partial charge >= 0.3 is 5.97 Å². The number of fused-ring (bicyclic) bond motifs is 2. The molecule has 1 N–H and O–H groups in total. The van der Waals surface area contributed by atoms with Crippen LogP contribution in [0.1, 0.15) is 27.0 Å². The third kappa shape index (κ3) is 5.30. The van der Waals surface area contributed by atoms with Crippen LogP contribution < -0.4 is 9.80 Å². The van der Waals surface area contributed by atoms with Crippen molar-refractivity contribution in [1.29, 1.82) is 5.26 Å². The number of aromatic carboxylic acids is 1. The lowest BCUT2D eigenvalue weighted by atomic mass is 9.93. The van der Waals surface area contributed by atoms with Crippen LogP contribution in [0.2, 0.25) is 0 Å². The van der Waals surface area contributed by atoms with Gasteiger partial charge in [-0.15, -0.1) is 0 Å². The number of nitriles is 1. The van der Waals surface area contributed by atoms with Gasteiger partial charge < -0.3 is 14.9 Å². The Hall–Kier alpha value is -5.74. The summed E-state index contributed by atoms with van der Waals surface area (Å²) < 4.78 is 0. The SMILES string of the molecule is CN(C)c1ccc(-c2ccc3ncc(Cc4cc(-c5ccc6nccc(C(=O)O)c6c5)ccc4N(C)C)c(C#N)c3c2)cc1. The maximum atomic E-state index is 11.9. The Morgan fingerprint density at radius 2 is 1.34 bits per heavy atom. The summed E-state index contributed by atoms with van der Waals surface area (Å²) in [6.45, 7) is 0. The third-order valence-electron chi connectivity index (χ3n) is 8.02. The van der Waals surface area contributed by atoms with Crippen LogP contribution >= 0.6 is 0 Å². The molecule has 0 radical (unpaired) electrons. The van der Waals surface area contributed by atoms with E-state index in [9.17, 15) is 15.2 Å². The van der Waals surface area contributed by atoms with Crippen molar-refractivity contribution in [3.05, 3.63) is 120 Å². The van der Waals surface area contributed by atoms with Gasteiger partial charge in [0.2, 0.25) is 0 Å². The normalized spacial score (nSPS) is 11.0. The van der Waals surface area contributed by atoms with Crippen molar-refractivity contribution in [3.8, 4) is 28.3 Å². The number of carboxylic acid groups (broad SMARTS) is 1. The topological polar surface area (TPSA) is 93.3 Å². The Bertz CT molecular complexity index is 2090. The second kappa shape index (κ2) is 11.5. The number of anilines is 2. The average molecular weight is 578 g/mol. The van der Waals surface area contributed by atoms with E-state index < -0.39 is 5.97 Å². The summed E-state index contributed by atoms with van der Waals surface area (Å²) in [5, 5.41) is 21.5. The molecular weight excluding hydrogens is 546 g/mol. The lowest BCUT2D eigenvalue weighted by molar-refractivity contribution is 0.0699. The first-order valence-electron chi connectivity index (χ1n) is 14.3. The van der Waals surface area contributed by atoms with Gasteiger partial charge in [-0.05, 0) is 88.0 Å². The number of nitrogens with zero attached hydrogens (tertiary/aromatic N) is 5. The minimum Gasteiger partial charge on any atom is -0.478 e. The smallest absolute Gasteiger partial charge is 0.336 e. The minimum atomic E-state index is -0.986. The quantitative estimate of drug-likeness (QED) is 0.211. The number of benzene rings is 4. The molecular formula is C37H31N5O2. The van der Waals surface area contributed by atoms with Crippen molar-refractivity contribution in [1.82, 2.24) is 9.97 Å². The molecule has 7 nitrogen and oxygen atoms in total. The number of rotatable bonds is 7. The predicted octanol–water partition coefficient (Wildman–Crippen LogP) is 7.41. The fourth-order valence-corrected chi connectivity index (χ4v) is 5.69. The molecule has 0 spiro atoms. The molecule has 0 amide bonds. The van der Waals surface area contributed by atoms with E-state index in [4.69, 9.17) is 4.98 Å². The summed E-state index contributed by atoms with van der Waals surface area (Å²) in [6, 6.07) is 30.3. The van der Waals surface area contributed by atoms with Gasteiger partial charge in [0, 0.05) is 69.2 Å². The van der Waals surface area contributed by atoms with Crippen LogP contribution in [0.15, 0.2) is 97.3 Å². The molecule has 44 heavy (non-hydrogen) atoms. The van der Waals surface area contributed by atoms with E-state index in [2.05, 4.69) is 63.3 Å². The molecule has 2 heterocycles. The highest BCUT2D eigenvalue weighted by Gasteiger charge is 2.16. The zero-order valence-corrected chi connectivity index (χ0v) is 25.0. The van der Waals surface area contributed by atoms with Gasteiger partial charge in [0.25, 0.3) is 0 Å². The maximum Gasteiger partial charge on any atom is 0.336 e. The molecule has 0 aliphatic heterocycles. The molecule has 6 rings (SSSR count). The summed E-state index contributed by atoms with van der Waals surface area (Å²) in [6.07, 6.45) is 3.83. The van der Waals surface area contributed by atoms with E-state index in [0.29, 0.717) is 22.9 Å². The van der Waals surface area contributed by atoms with Crippen LogP contribution in [0.4, 0.5) is 11.4 Å². The second-order valence-electron chi connectivity index (χ2n) is 11.3. The molecule has 0 fully saturated rings. The highest BCUT2D eigenvalue weighted by atomic mass is 16.4. The Kier molecular flexibility index (Phi) is 7.42. The summed E-state index contributed by atoms with van der Waals surface area (Å²) >= 11 is 0. The van der Waals surface area contributed by atoms with Crippen LogP contribution in [0, 0.1) is 11.3 Å². The van der Waals surface area contributed by atoms with Crippen LogP contribution in [-0.4, -0.2) is 49.2 Å². The fourth-order valence-electron chi connectivity index (χ4n) is 5.69. The first-order valence-corrected chi connectivity index (χ1v) is 14.3. The number of hydrogen-bond acceptors (Lipinski definition) is 6. The summed E-state index contributed by atoms with van der Waals surface area (Å²) in [4.78, 5) is 25.1. The Morgan fingerprint density at radius 3 is 2.00 bits per heavy atom. The van der Waals surface area contributed by atoms with E-state index in [1.165, 1.54) is 12.3 Å². The maximum absolute atomic E-state index is 11.9. The number of carbonyl (C=O) groups is 1. The average Bonchev–Trinajstić information content (AvgIpc) is 3.03. The molecule has 0 aliphatic rings. The molecule has 6 aromatic rings. The van der Waals surface area contributed by atoms with E-state index >= 15 is 0 Å². The third-order valence-corrected chi connectivity index (χ3v) is 8.02. The van der Waals surface area contributed by atoms with Gasteiger partial charge in [-0.3, -0.25) is 9.97 Å². The largest absolute Gasteiger partial charge is 0.478 e. The molecule has 0 bridgehead atoms. The van der Waals surface area contributed by atoms with Crippen molar-refractivity contribution >= 4 is 39.1 Å². The van der Waals surface area contributed by atoms with Crippen molar-refractivity contribution < 1.29 is 9.90 Å². The Labute approximate surface area is 256 Å². The molecule has 0 saturated heterocycles. The first-order chi connectivity index (χ1) is 21.2. The lowest BCUT2D eigenvalue weighted by Gasteiger charge is -2.20. The van der Waals surface area contributed by atoms with Crippen molar-refractivity contribution in [2.45, 2.75) is 6.42 Å². The standard InChI is InChI=1S/C37H31N5O2/c1-41(2)29-10-5-23(6-11-29)25-7-13-35-32(19-25)33(21-38)28(22-40-35)18-27-17-24(9-14-36(27)42(3)4)26-8-12-34-31(20-26)30(37(43)44)15-16-39-34/h5-17,19-20,22H,18H2,1-4H3,(H,43,44). The molecule has 0 aliphatic carbocycles. The van der Waals surface area contributed by atoms with E-state index in [1.54, 1.807) is 6.20 Å². The number of aromatic nitrogens is 2. The summed E-state index contributed by atoms with van der Waals surface area (Å²) in [7, 11) is 8.03. The molecule has 0 saturated carbocycles. The number of carboxylic acids is 1. The van der Waals surface area contributed by atoms with Gasteiger partial charge in [-0.25, -0.2) is 4.79 Å². The molecule has 0 atom stereocenters. The summed E-state index contributed by atoms with van der Waals surface area (Å²) in [5.41, 5.74) is 10.2. The molecule has 216 valence electrons. The second-order valence-corrected chi connectivity index (χ2v) is 11.3. The van der Waals surface area contributed by atoms with Gasteiger partial charge in [0.1, 0.15) is 6.07 Å². The van der Waals surface area contributed by atoms with E-state index in [1.807, 2.05) is 64.6 Å². The molecule has 0 unspecified atom stereocenters. The van der Waals surface area contributed by atoms with Crippen LogP contribution in [0.3, 0.4) is 0 Å². The van der Waals surface area contributed by atoms with Gasteiger partial charge in [0.15, 0.2) is 0 Å². The lowest BCUT2D eigenvalue weighted by Crippen LogP contribution is -2.12. The number of hydrogen-bond donors (Lipinski definition) is 1. The van der Waals surface area contributed by atoms with Gasteiger partial charge in [-0.2, -0.15) is 5.26 Å². The molecule has 4 aromatic carbocycles. The molecule has 2 aromatic heterocycles. The van der Waals surface area contributed by atoms with E-state index in [0.717, 1.165) is 55.7 Å². The monoisotopic (exact) mass is 577 g/mol. The van der Waals surface area contributed by atoms with Crippen molar-refractivity contribution in [2.24, 2.45) is 0 Å². The van der Waals surface area contributed by atoms with Crippen molar-refractivity contribution in [3.63, 3.8) is 0 Å². The zero-order chi connectivity index (χ0) is 31.0. The Balaban J connectivity index is 1.42. The van der Waals surface area contributed by atoms with Crippen LogP contribution in [-0.2, 0) is 6.42 Å². The molecule has 7 heteroatoms. The first kappa shape index (κ1) is 28.4. The van der Waals surface area contributed by atoms with Crippen LogP contribution in [0.5, 0.6) is 0 Å². The van der Waals surface area contributed by atoms with Crippen molar-refractivity contribution in [2.75, 3.05) is 38.0 Å². The Morgan fingerprint density at radius 1 is 0.727 bits per heavy atom. The zero-order valence-electron chi connectivity index (χ0n) is 25.0. The minimum absolute atomic E-state index is 0.218. The summed E-state index contributed by atoms with van der Waals surface area (Å²) in [5.74, 6) is -0.986. The van der Waals surface area contributed by atoms with E-state index in [-0.39, 0.29) is 5.56 Å².